The average molecular weight is 185 g/mol. The summed E-state index contributed by atoms with van der Waals surface area (Å²) < 4.78 is 5.15. The quantitative estimate of drug-likeness (QED) is 0.627. The van der Waals surface area contributed by atoms with Gasteiger partial charge >= 0.3 is 6.09 Å². The van der Waals surface area contributed by atoms with E-state index in [2.05, 4.69) is 6.92 Å². The molecule has 0 radical (unpaired) electrons. The lowest BCUT2D eigenvalue weighted by Gasteiger charge is -2.32. The number of piperidine rings is 1. The van der Waals surface area contributed by atoms with E-state index < -0.39 is 0 Å². The Labute approximate surface area is 80.1 Å². The molecule has 3 heteroatoms. The van der Waals surface area contributed by atoms with Gasteiger partial charge in [-0.2, -0.15) is 0 Å². The summed E-state index contributed by atoms with van der Waals surface area (Å²) in [6, 6.07) is 0.347. The summed E-state index contributed by atoms with van der Waals surface area (Å²) in [6.07, 6.45) is 3.28. The lowest BCUT2D eigenvalue weighted by atomic mass is 10.0. The number of likely N-dealkylation sites (tertiary alicyclic amines) is 1. The van der Waals surface area contributed by atoms with Gasteiger partial charge in [0.15, 0.2) is 0 Å². The molecule has 1 heterocycles. The van der Waals surface area contributed by atoms with Crippen LogP contribution >= 0.6 is 0 Å². The van der Waals surface area contributed by atoms with Crippen molar-refractivity contribution >= 4 is 6.09 Å². The summed E-state index contributed by atoms with van der Waals surface area (Å²) in [5.74, 6) is 0. The van der Waals surface area contributed by atoms with E-state index in [1.165, 1.54) is 6.42 Å². The van der Waals surface area contributed by atoms with E-state index in [4.69, 9.17) is 4.74 Å². The highest BCUT2D eigenvalue weighted by Crippen LogP contribution is 2.17. The molecule has 0 aliphatic carbocycles. The summed E-state index contributed by atoms with van der Waals surface area (Å²) in [6.45, 7) is 6.70. The topological polar surface area (TPSA) is 29.5 Å². The van der Waals surface area contributed by atoms with Gasteiger partial charge in [0.05, 0.1) is 6.10 Å². The van der Waals surface area contributed by atoms with E-state index in [0.717, 1.165) is 19.4 Å². The fraction of sp³-hybridized carbons (Fsp3) is 0.900. The van der Waals surface area contributed by atoms with Crippen molar-refractivity contribution in [2.45, 2.75) is 52.2 Å². The smallest absolute Gasteiger partial charge is 0.410 e. The predicted octanol–water partition coefficient (Wildman–Crippen LogP) is 2.41. The maximum atomic E-state index is 11.5. The van der Waals surface area contributed by atoms with Crippen LogP contribution in [-0.2, 0) is 4.74 Å². The van der Waals surface area contributed by atoms with Gasteiger partial charge in [0.1, 0.15) is 0 Å². The minimum atomic E-state index is -0.151. The van der Waals surface area contributed by atoms with E-state index in [-0.39, 0.29) is 12.2 Å². The second kappa shape index (κ2) is 4.49. The normalized spacial score (nSPS) is 23.4. The molecule has 1 aliphatic heterocycles. The maximum Gasteiger partial charge on any atom is 0.410 e. The Bertz CT molecular complexity index is 180. The molecule has 0 saturated carbocycles. The van der Waals surface area contributed by atoms with Gasteiger partial charge < -0.3 is 9.64 Å². The average Bonchev–Trinajstić information content (AvgIpc) is 2.03. The van der Waals surface area contributed by atoms with Crippen molar-refractivity contribution in [3.05, 3.63) is 0 Å². The van der Waals surface area contributed by atoms with Crippen LogP contribution in [0.1, 0.15) is 40.0 Å². The lowest BCUT2D eigenvalue weighted by Crippen LogP contribution is -2.43. The van der Waals surface area contributed by atoms with Gasteiger partial charge in [-0.1, -0.05) is 0 Å². The molecular weight excluding hydrogens is 166 g/mol. The van der Waals surface area contributed by atoms with Crippen molar-refractivity contribution in [1.29, 1.82) is 0 Å². The number of hydrogen-bond acceptors (Lipinski definition) is 2. The van der Waals surface area contributed by atoms with Crippen molar-refractivity contribution in [2.75, 3.05) is 6.54 Å². The molecule has 1 atom stereocenters. The first-order valence-electron chi connectivity index (χ1n) is 5.08. The van der Waals surface area contributed by atoms with Crippen LogP contribution in [0.25, 0.3) is 0 Å². The summed E-state index contributed by atoms with van der Waals surface area (Å²) in [5, 5.41) is 0. The van der Waals surface area contributed by atoms with Crippen LogP contribution in [0, 0.1) is 0 Å². The molecule has 1 unspecified atom stereocenters. The first kappa shape index (κ1) is 10.4. The summed E-state index contributed by atoms with van der Waals surface area (Å²) in [4.78, 5) is 13.4. The van der Waals surface area contributed by atoms with Gasteiger partial charge in [-0.3, -0.25) is 0 Å². The van der Waals surface area contributed by atoms with Crippen molar-refractivity contribution in [1.82, 2.24) is 4.90 Å². The number of ether oxygens (including phenoxy) is 1. The molecule has 1 aliphatic rings. The Morgan fingerprint density at radius 3 is 2.69 bits per heavy atom. The van der Waals surface area contributed by atoms with E-state index in [1.807, 2.05) is 18.7 Å². The molecule has 13 heavy (non-hydrogen) atoms. The number of hydrogen-bond donors (Lipinski definition) is 0. The number of carbonyl (C=O) groups is 1. The third-order valence-corrected chi connectivity index (χ3v) is 2.37. The first-order chi connectivity index (χ1) is 6.11. The van der Waals surface area contributed by atoms with Gasteiger partial charge in [0.2, 0.25) is 0 Å². The van der Waals surface area contributed by atoms with Gasteiger partial charge in [-0.15, -0.1) is 0 Å². The molecule has 0 aromatic rings. The second-order valence-electron chi connectivity index (χ2n) is 3.97. The van der Waals surface area contributed by atoms with E-state index in [9.17, 15) is 4.79 Å². The fourth-order valence-electron chi connectivity index (χ4n) is 1.64. The zero-order chi connectivity index (χ0) is 9.84. The van der Waals surface area contributed by atoms with Crippen LogP contribution < -0.4 is 0 Å². The SMILES string of the molecule is CC(C)OC(=O)N1CCCCC1C. The fourth-order valence-corrected chi connectivity index (χ4v) is 1.64. The zero-order valence-corrected chi connectivity index (χ0v) is 8.75. The van der Waals surface area contributed by atoms with Crippen molar-refractivity contribution in [3.63, 3.8) is 0 Å². The molecule has 76 valence electrons. The molecule has 1 rings (SSSR count). The molecule has 0 aromatic carbocycles. The van der Waals surface area contributed by atoms with Crippen molar-refractivity contribution in [2.24, 2.45) is 0 Å². The number of amides is 1. The first-order valence-corrected chi connectivity index (χ1v) is 5.08. The highest BCUT2D eigenvalue weighted by molar-refractivity contribution is 5.68. The minimum Gasteiger partial charge on any atom is -0.447 e. The molecule has 0 spiro atoms. The Balaban J connectivity index is 2.44. The second-order valence-corrected chi connectivity index (χ2v) is 3.97. The van der Waals surface area contributed by atoms with Crippen LogP contribution in [0.5, 0.6) is 0 Å². The van der Waals surface area contributed by atoms with Crippen LogP contribution in [0.3, 0.4) is 0 Å². The highest BCUT2D eigenvalue weighted by atomic mass is 16.6. The summed E-state index contributed by atoms with van der Waals surface area (Å²) in [5.41, 5.74) is 0. The van der Waals surface area contributed by atoms with Crippen LogP contribution in [0.15, 0.2) is 0 Å². The molecule has 1 fully saturated rings. The van der Waals surface area contributed by atoms with E-state index in [1.54, 1.807) is 0 Å². The van der Waals surface area contributed by atoms with Crippen molar-refractivity contribution in [3.8, 4) is 0 Å². The number of carbonyl (C=O) groups excluding carboxylic acids is 1. The van der Waals surface area contributed by atoms with Crippen LogP contribution in [-0.4, -0.2) is 29.7 Å². The maximum absolute atomic E-state index is 11.5. The third-order valence-electron chi connectivity index (χ3n) is 2.37. The molecule has 0 N–H and O–H groups in total. The monoisotopic (exact) mass is 185 g/mol. The molecule has 0 bridgehead atoms. The minimum absolute atomic E-state index is 0.0124. The van der Waals surface area contributed by atoms with Gasteiger partial charge in [-0.25, -0.2) is 4.79 Å². The van der Waals surface area contributed by atoms with E-state index >= 15 is 0 Å². The van der Waals surface area contributed by atoms with Crippen LogP contribution in [0.4, 0.5) is 4.79 Å². The molecule has 1 amide bonds. The molecule has 0 aromatic heterocycles. The van der Waals surface area contributed by atoms with Gasteiger partial charge in [0, 0.05) is 12.6 Å². The largest absolute Gasteiger partial charge is 0.447 e. The Hall–Kier alpha value is -0.730. The summed E-state index contributed by atoms with van der Waals surface area (Å²) >= 11 is 0. The van der Waals surface area contributed by atoms with Gasteiger partial charge in [0.25, 0.3) is 0 Å². The highest BCUT2D eigenvalue weighted by Gasteiger charge is 2.24. The Morgan fingerprint density at radius 1 is 1.46 bits per heavy atom. The summed E-state index contributed by atoms with van der Waals surface area (Å²) in [7, 11) is 0. The Morgan fingerprint density at radius 2 is 2.15 bits per heavy atom. The number of nitrogens with zero attached hydrogens (tertiary/aromatic N) is 1. The molecule has 1 saturated heterocycles. The standard InChI is InChI=1S/C10H19NO2/c1-8(2)13-10(12)11-7-5-4-6-9(11)3/h8-9H,4-7H2,1-3H3. The number of rotatable bonds is 1. The molecule has 3 nitrogen and oxygen atoms in total. The predicted molar refractivity (Wildman–Crippen MR) is 51.6 cm³/mol. The van der Waals surface area contributed by atoms with Crippen LogP contribution in [0.2, 0.25) is 0 Å². The Kier molecular flexibility index (Phi) is 3.58. The third kappa shape index (κ3) is 2.90. The van der Waals surface area contributed by atoms with E-state index in [0.29, 0.717) is 6.04 Å². The lowest BCUT2D eigenvalue weighted by molar-refractivity contribution is 0.0564. The van der Waals surface area contributed by atoms with Crippen molar-refractivity contribution < 1.29 is 9.53 Å². The molecular formula is C10H19NO2. The zero-order valence-electron chi connectivity index (χ0n) is 8.75. The van der Waals surface area contributed by atoms with Gasteiger partial charge in [-0.05, 0) is 40.0 Å².